The number of β-amino-alcohol motifs (C(OH)–C–C–N with tert-alkyl or cyclic N) is 1. The summed E-state index contributed by atoms with van der Waals surface area (Å²) in [5.74, 6) is -1.42. The van der Waals surface area contributed by atoms with Crippen LogP contribution in [-0.2, 0) is 38.6 Å². The Balaban J connectivity index is 1.50. The molecule has 1 heterocycles. The molecule has 1 aliphatic rings. The average molecular weight is 672 g/mol. The van der Waals surface area contributed by atoms with E-state index in [0.717, 1.165) is 17.5 Å². The highest BCUT2D eigenvalue weighted by atomic mass is 16.5. The van der Waals surface area contributed by atoms with Crippen LogP contribution >= 0.6 is 0 Å². The summed E-state index contributed by atoms with van der Waals surface area (Å²) in [4.78, 5) is 53.7. The first-order valence-electron chi connectivity index (χ1n) is 16.7. The number of nitrogens with zero attached hydrogens (tertiary/aromatic N) is 1. The molecular formula is C38H49N5O6. The third-order valence-electron chi connectivity index (χ3n) is 8.40. The molecule has 4 rings (SSSR count). The van der Waals surface area contributed by atoms with Gasteiger partial charge in [0.05, 0.1) is 24.6 Å². The second-order valence-electron chi connectivity index (χ2n) is 13.8. The molecule has 1 fully saturated rings. The molecule has 0 bridgehead atoms. The maximum absolute atomic E-state index is 13.6. The van der Waals surface area contributed by atoms with E-state index in [4.69, 9.17) is 10.5 Å². The molecular weight excluding hydrogens is 622 g/mol. The summed E-state index contributed by atoms with van der Waals surface area (Å²) in [6.45, 7) is 6.45. The van der Waals surface area contributed by atoms with Gasteiger partial charge < -0.3 is 31.5 Å². The van der Waals surface area contributed by atoms with Crippen molar-refractivity contribution in [2.75, 3.05) is 13.1 Å². The van der Waals surface area contributed by atoms with E-state index < -0.39 is 54.1 Å². The van der Waals surface area contributed by atoms with E-state index in [2.05, 4.69) is 28.1 Å². The molecule has 0 aliphatic carbocycles. The Kier molecular flexibility index (Phi) is 13.3. The molecule has 262 valence electrons. The van der Waals surface area contributed by atoms with Crippen LogP contribution in [0, 0.1) is 5.92 Å². The quantitative estimate of drug-likeness (QED) is 0.166. The normalized spacial score (nSPS) is 18.1. The second kappa shape index (κ2) is 17.6. The van der Waals surface area contributed by atoms with Crippen molar-refractivity contribution >= 4 is 23.8 Å². The molecule has 1 unspecified atom stereocenters. The maximum atomic E-state index is 13.6. The van der Waals surface area contributed by atoms with Crippen LogP contribution in [0.15, 0.2) is 91.0 Å². The lowest BCUT2D eigenvalue weighted by atomic mass is 9.96. The fraction of sp³-hybridized carbons (Fsp3) is 0.421. The molecule has 5 atom stereocenters. The first-order valence-corrected chi connectivity index (χ1v) is 16.7. The molecule has 1 saturated heterocycles. The Bertz CT molecular complexity index is 1520. The highest BCUT2D eigenvalue weighted by molar-refractivity contribution is 5.90. The summed E-state index contributed by atoms with van der Waals surface area (Å²) < 4.78 is 5.27. The molecule has 1 aliphatic heterocycles. The zero-order chi connectivity index (χ0) is 35.4. The number of hydrogen-bond donors (Lipinski definition) is 5. The van der Waals surface area contributed by atoms with Crippen molar-refractivity contribution in [3.8, 4) is 0 Å². The van der Waals surface area contributed by atoms with Gasteiger partial charge in [0.25, 0.3) is 0 Å². The molecule has 0 radical (unpaired) electrons. The largest absolute Gasteiger partial charge is 0.445 e. The smallest absolute Gasteiger partial charge is 0.408 e. The van der Waals surface area contributed by atoms with Crippen molar-refractivity contribution in [3.05, 3.63) is 108 Å². The molecule has 3 aromatic carbocycles. The van der Waals surface area contributed by atoms with Crippen LogP contribution in [0.1, 0.15) is 50.3 Å². The van der Waals surface area contributed by atoms with Crippen LogP contribution < -0.4 is 21.7 Å². The number of amides is 4. The number of ether oxygens (including phenoxy) is 1. The van der Waals surface area contributed by atoms with Gasteiger partial charge in [-0.2, -0.15) is 0 Å². The number of nitrogens with two attached hydrogens (primary N) is 1. The third kappa shape index (κ3) is 12.3. The van der Waals surface area contributed by atoms with E-state index in [9.17, 15) is 24.3 Å². The number of hydrogen-bond acceptors (Lipinski definition) is 7. The zero-order valence-corrected chi connectivity index (χ0v) is 28.5. The molecule has 3 aromatic rings. The number of aliphatic hydroxyl groups excluding tert-OH is 1. The molecule has 0 spiro atoms. The third-order valence-corrected chi connectivity index (χ3v) is 8.40. The lowest BCUT2D eigenvalue weighted by molar-refractivity contribution is -0.129. The highest BCUT2D eigenvalue weighted by Gasteiger charge is 2.40. The van der Waals surface area contributed by atoms with Crippen molar-refractivity contribution in [2.45, 2.75) is 82.8 Å². The standard InChI is InChI=1S/C38H49N5O6/c1-38(2,3)42-36(47)32-21-29(19-26-13-7-4-8-14-26)23-43(32)24-33(44)30(20-27-15-9-5-10-16-27)40-35(46)31(22-34(39)45)41-37(48)49-25-28-17-11-6-12-18-28/h4-18,29-33,44H,19-25H2,1-3H3,(H2,39,45)(H,40,46)(H,41,48)(H,42,47)/t29?,30-,31-,32-,33+/m0/s1. The predicted molar refractivity (Wildman–Crippen MR) is 187 cm³/mol. The minimum absolute atomic E-state index is 0.0298. The predicted octanol–water partition coefficient (Wildman–Crippen LogP) is 3.09. The van der Waals surface area contributed by atoms with Gasteiger partial charge in [-0.05, 0) is 62.6 Å². The number of primary amides is 1. The monoisotopic (exact) mass is 671 g/mol. The van der Waals surface area contributed by atoms with Gasteiger partial charge >= 0.3 is 6.09 Å². The van der Waals surface area contributed by atoms with E-state index in [1.54, 1.807) is 12.1 Å². The number of alkyl carbamates (subject to hydrolysis) is 1. The Morgan fingerprint density at radius 1 is 0.878 bits per heavy atom. The van der Waals surface area contributed by atoms with E-state index in [0.29, 0.717) is 13.0 Å². The Morgan fingerprint density at radius 3 is 2.02 bits per heavy atom. The van der Waals surface area contributed by atoms with Crippen LogP contribution in [0.5, 0.6) is 0 Å². The lowest BCUT2D eigenvalue weighted by Crippen LogP contribution is -2.57. The molecule has 11 heteroatoms. The number of aliphatic hydroxyl groups is 1. The molecule has 11 nitrogen and oxygen atoms in total. The number of likely N-dealkylation sites (tertiary alicyclic amines) is 1. The van der Waals surface area contributed by atoms with Crippen LogP contribution in [0.4, 0.5) is 4.79 Å². The number of rotatable bonds is 15. The fourth-order valence-electron chi connectivity index (χ4n) is 6.14. The van der Waals surface area contributed by atoms with Crippen LogP contribution in [0.3, 0.4) is 0 Å². The summed E-state index contributed by atoms with van der Waals surface area (Å²) in [6.07, 6.45) is -0.797. The molecule has 6 N–H and O–H groups in total. The number of carbonyl (C=O) groups is 4. The van der Waals surface area contributed by atoms with Crippen molar-refractivity contribution in [2.24, 2.45) is 11.7 Å². The van der Waals surface area contributed by atoms with Gasteiger partial charge in [0, 0.05) is 18.6 Å². The average Bonchev–Trinajstić information content (AvgIpc) is 3.45. The Morgan fingerprint density at radius 2 is 1.45 bits per heavy atom. The lowest BCUT2D eigenvalue weighted by Gasteiger charge is -2.32. The van der Waals surface area contributed by atoms with Crippen molar-refractivity contribution in [1.29, 1.82) is 0 Å². The minimum Gasteiger partial charge on any atom is -0.445 e. The summed E-state index contributed by atoms with van der Waals surface area (Å²) in [5.41, 5.74) is 7.80. The number of carbonyl (C=O) groups excluding carboxylic acids is 4. The first kappa shape index (κ1) is 37.1. The van der Waals surface area contributed by atoms with E-state index in [1.807, 2.05) is 92.4 Å². The maximum Gasteiger partial charge on any atom is 0.408 e. The molecule has 0 saturated carbocycles. The molecule has 0 aromatic heterocycles. The van der Waals surface area contributed by atoms with Gasteiger partial charge in [-0.1, -0.05) is 91.0 Å². The van der Waals surface area contributed by atoms with Crippen molar-refractivity contribution in [1.82, 2.24) is 20.9 Å². The van der Waals surface area contributed by atoms with Gasteiger partial charge in [0.2, 0.25) is 17.7 Å². The molecule has 4 amide bonds. The zero-order valence-electron chi connectivity index (χ0n) is 28.5. The Labute approximate surface area is 288 Å². The van der Waals surface area contributed by atoms with Crippen molar-refractivity contribution < 1.29 is 29.0 Å². The Hall–Kier alpha value is -4.74. The van der Waals surface area contributed by atoms with Gasteiger partial charge in [-0.3, -0.25) is 19.3 Å². The molecule has 49 heavy (non-hydrogen) atoms. The SMILES string of the molecule is CC(C)(C)NC(=O)[C@@H]1CC(Cc2ccccc2)CN1C[C@@H](O)[C@H](Cc1ccccc1)NC(=O)[C@H](CC(N)=O)NC(=O)OCc1ccccc1. The summed E-state index contributed by atoms with van der Waals surface area (Å²) in [6, 6.07) is 25.9. The van der Waals surface area contributed by atoms with Crippen molar-refractivity contribution in [3.63, 3.8) is 0 Å². The summed E-state index contributed by atoms with van der Waals surface area (Å²) in [5, 5.41) is 20.2. The van der Waals surface area contributed by atoms with Crippen LogP contribution in [0.2, 0.25) is 0 Å². The van der Waals surface area contributed by atoms with Gasteiger partial charge in [0.15, 0.2) is 0 Å². The minimum atomic E-state index is -1.33. The van der Waals surface area contributed by atoms with Gasteiger partial charge in [0.1, 0.15) is 12.6 Å². The first-order chi connectivity index (χ1) is 23.4. The topological polar surface area (TPSA) is 163 Å². The summed E-state index contributed by atoms with van der Waals surface area (Å²) in [7, 11) is 0. The van der Waals surface area contributed by atoms with E-state index >= 15 is 0 Å². The van der Waals surface area contributed by atoms with Gasteiger partial charge in [-0.25, -0.2) is 4.79 Å². The van der Waals surface area contributed by atoms with E-state index in [1.165, 1.54) is 5.56 Å². The van der Waals surface area contributed by atoms with E-state index in [-0.39, 0.29) is 31.4 Å². The summed E-state index contributed by atoms with van der Waals surface area (Å²) >= 11 is 0. The highest BCUT2D eigenvalue weighted by Crippen LogP contribution is 2.28. The fourth-order valence-corrected chi connectivity index (χ4v) is 6.14. The number of nitrogens with one attached hydrogen (secondary N) is 3. The van der Waals surface area contributed by atoms with Crippen LogP contribution in [-0.4, -0.2) is 76.7 Å². The van der Waals surface area contributed by atoms with Crippen LogP contribution in [0.25, 0.3) is 0 Å². The van der Waals surface area contributed by atoms with Gasteiger partial charge in [-0.15, -0.1) is 0 Å². The number of benzene rings is 3. The second-order valence-corrected chi connectivity index (χ2v) is 13.8.